The van der Waals surface area contributed by atoms with Crippen LogP contribution in [0, 0.1) is 13.8 Å². The quantitative estimate of drug-likeness (QED) is 0.446. The Labute approximate surface area is 241 Å². The molecule has 8 nitrogen and oxygen atoms in total. The number of para-hydroxylation sites is 1. The van der Waals surface area contributed by atoms with E-state index in [1.807, 2.05) is 42.2 Å². The number of primary sulfonamides is 1. The van der Waals surface area contributed by atoms with Gasteiger partial charge >= 0.3 is 0 Å². The van der Waals surface area contributed by atoms with Crippen LogP contribution in [-0.2, 0) is 10.0 Å². The lowest BCUT2D eigenvalue weighted by atomic mass is 9.97. The number of carbonyl (C=O) groups is 1. The van der Waals surface area contributed by atoms with Crippen LogP contribution in [-0.4, -0.2) is 64.5 Å². The molecule has 10 heteroatoms. The Morgan fingerprint density at radius 3 is 2.30 bits per heavy atom. The summed E-state index contributed by atoms with van der Waals surface area (Å²) in [6.45, 7) is 8.21. The SMILES string of the molecule is Cc1cc(C)c(N(c2ccccc2Cl)C2CCNCC2)cc1C(=O)N1CCN(c2cccc(S(N)(=O)=O)c2)CC1. The third-order valence-electron chi connectivity index (χ3n) is 7.90. The number of sulfonamides is 1. The van der Waals surface area contributed by atoms with Gasteiger partial charge in [-0.25, -0.2) is 13.6 Å². The molecule has 0 aromatic heterocycles. The molecular formula is C30H36ClN5O3S. The summed E-state index contributed by atoms with van der Waals surface area (Å²) in [5.74, 6) is 0.00102. The number of piperazine rings is 1. The molecule has 0 aliphatic carbocycles. The van der Waals surface area contributed by atoms with E-state index in [4.69, 9.17) is 16.7 Å². The average molecular weight is 582 g/mol. The maximum atomic E-state index is 13.9. The number of hydrogen-bond acceptors (Lipinski definition) is 6. The van der Waals surface area contributed by atoms with Crippen LogP contribution in [0.3, 0.4) is 0 Å². The number of halogens is 1. The number of benzene rings is 3. The van der Waals surface area contributed by atoms with Gasteiger partial charge in [-0.2, -0.15) is 0 Å². The van der Waals surface area contributed by atoms with Gasteiger partial charge in [-0.15, -0.1) is 0 Å². The number of aryl methyl sites for hydroxylation is 2. The predicted molar refractivity (Wildman–Crippen MR) is 161 cm³/mol. The molecule has 1 amide bonds. The third-order valence-corrected chi connectivity index (χ3v) is 9.13. The average Bonchev–Trinajstić information content (AvgIpc) is 2.95. The predicted octanol–water partition coefficient (Wildman–Crippen LogP) is 4.46. The van der Waals surface area contributed by atoms with E-state index in [9.17, 15) is 13.2 Å². The summed E-state index contributed by atoms with van der Waals surface area (Å²) >= 11 is 6.72. The largest absolute Gasteiger partial charge is 0.368 e. The van der Waals surface area contributed by atoms with Crippen LogP contribution in [0.1, 0.15) is 34.3 Å². The van der Waals surface area contributed by atoms with Crippen molar-refractivity contribution >= 4 is 44.6 Å². The molecule has 40 heavy (non-hydrogen) atoms. The minimum Gasteiger partial charge on any atom is -0.368 e. The first-order valence-electron chi connectivity index (χ1n) is 13.7. The highest BCUT2D eigenvalue weighted by Crippen LogP contribution is 2.39. The summed E-state index contributed by atoms with van der Waals surface area (Å²) in [5, 5.41) is 9.46. The molecule has 2 saturated heterocycles. The van der Waals surface area contributed by atoms with Crippen LogP contribution in [0.4, 0.5) is 17.1 Å². The van der Waals surface area contributed by atoms with E-state index in [2.05, 4.69) is 34.2 Å². The van der Waals surface area contributed by atoms with Gasteiger partial charge in [0, 0.05) is 49.2 Å². The molecule has 5 rings (SSSR count). The topological polar surface area (TPSA) is 99.0 Å². The number of piperidine rings is 1. The van der Waals surface area contributed by atoms with Gasteiger partial charge in [0.1, 0.15) is 0 Å². The molecule has 2 heterocycles. The van der Waals surface area contributed by atoms with Gasteiger partial charge in [0.25, 0.3) is 5.91 Å². The fourth-order valence-corrected chi connectivity index (χ4v) is 6.54. The van der Waals surface area contributed by atoms with Crippen LogP contribution < -0.4 is 20.3 Å². The first-order valence-corrected chi connectivity index (χ1v) is 15.6. The van der Waals surface area contributed by atoms with Crippen molar-refractivity contribution in [2.45, 2.75) is 37.6 Å². The Morgan fingerprint density at radius 2 is 1.62 bits per heavy atom. The van der Waals surface area contributed by atoms with Crippen molar-refractivity contribution in [3.8, 4) is 0 Å². The molecule has 3 aromatic rings. The molecular weight excluding hydrogens is 546 g/mol. The number of nitrogens with zero attached hydrogens (tertiary/aromatic N) is 3. The number of rotatable bonds is 6. The standard InChI is InChI=1S/C30H36ClN5O3S/c1-21-18-22(2)29(36(23-10-12-33-13-11-23)28-9-4-3-8-27(28)31)20-26(21)30(37)35-16-14-34(15-17-35)24-6-5-7-25(19-24)40(32,38)39/h3-9,18-20,23,33H,10-17H2,1-2H3,(H2,32,38,39). The second-order valence-electron chi connectivity index (χ2n) is 10.6. The highest BCUT2D eigenvalue weighted by Gasteiger charge is 2.29. The molecule has 0 radical (unpaired) electrons. The highest BCUT2D eigenvalue weighted by atomic mass is 35.5. The maximum absolute atomic E-state index is 13.9. The van der Waals surface area contributed by atoms with Gasteiger partial charge in [-0.3, -0.25) is 4.79 Å². The van der Waals surface area contributed by atoms with Crippen molar-refractivity contribution in [2.75, 3.05) is 49.1 Å². The van der Waals surface area contributed by atoms with Crippen molar-refractivity contribution in [1.82, 2.24) is 10.2 Å². The van der Waals surface area contributed by atoms with Gasteiger partial charge < -0.3 is 20.0 Å². The number of hydrogen-bond donors (Lipinski definition) is 2. The Hall–Kier alpha value is -3.11. The normalized spacial score (nSPS) is 16.7. The second-order valence-corrected chi connectivity index (χ2v) is 12.5. The Balaban J connectivity index is 1.40. The lowest BCUT2D eigenvalue weighted by Gasteiger charge is -2.39. The Morgan fingerprint density at radius 1 is 0.925 bits per heavy atom. The van der Waals surface area contributed by atoms with E-state index < -0.39 is 10.0 Å². The molecule has 0 saturated carbocycles. The van der Waals surface area contributed by atoms with Crippen molar-refractivity contribution in [1.29, 1.82) is 0 Å². The Kier molecular flexibility index (Phi) is 8.37. The van der Waals surface area contributed by atoms with Crippen molar-refractivity contribution < 1.29 is 13.2 Å². The smallest absolute Gasteiger partial charge is 0.254 e. The minimum atomic E-state index is -3.78. The zero-order valence-corrected chi connectivity index (χ0v) is 24.5. The zero-order valence-electron chi connectivity index (χ0n) is 22.9. The van der Waals surface area contributed by atoms with Gasteiger partial charge in [0.15, 0.2) is 0 Å². The van der Waals surface area contributed by atoms with Crippen LogP contribution in [0.2, 0.25) is 5.02 Å². The van der Waals surface area contributed by atoms with Crippen molar-refractivity contribution in [2.24, 2.45) is 5.14 Å². The summed E-state index contributed by atoms with van der Waals surface area (Å²) in [6.07, 6.45) is 1.97. The van der Waals surface area contributed by atoms with E-state index in [0.717, 1.165) is 54.1 Å². The minimum absolute atomic E-state index is 0.00102. The van der Waals surface area contributed by atoms with E-state index in [0.29, 0.717) is 36.8 Å². The van der Waals surface area contributed by atoms with Gasteiger partial charge in [0.05, 0.1) is 15.6 Å². The van der Waals surface area contributed by atoms with Gasteiger partial charge in [-0.05, 0) is 87.3 Å². The number of carbonyl (C=O) groups excluding carboxylic acids is 1. The third kappa shape index (κ3) is 5.98. The fourth-order valence-electron chi connectivity index (χ4n) is 5.76. The van der Waals surface area contributed by atoms with E-state index >= 15 is 0 Å². The summed E-state index contributed by atoms with van der Waals surface area (Å²) in [6, 6.07) is 19.0. The van der Waals surface area contributed by atoms with Crippen LogP contribution in [0.15, 0.2) is 65.6 Å². The first-order chi connectivity index (χ1) is 19.1. The molecule has 0 spiro atoms. The molecule has 3 aromatic carbocycles. The lowest BCUT2D eigenvalue weighted by Crippen LogP contribution is -2.49. The molecule has 2 aliphatic rings. The van der Waals surface area contributed by atoms with Gasteiger partial charge in [-0.1, -0.05) is 35.9 Å². The molecule has 0 atom stereocenters. The maximum Gasteiger partial charge on any atom is 0.254 e. The summed E-state index contributed by atoms with van der Waals surface area (Å²) < 4.78 is 23.6. The van der Waals surface area contributed by atoms with Gasteiger partial charge in [0.2, 0.25) is 10.0 Å². The fraction of sp³-hybridized carbons (Fsp3) is 0.367. The Bertz CT molecular complexity index is 1500. The number of nitrogens with two attached hydrogens (primary N) is 1. The van der Waals surface area contributed by atoms with Crippen molar-refractivity contribution in [3.05, 3.63) is 82.4 Å². The lowest BCUT2D eigenvalue weighted by molar-refractivity contribution is 0.0746. The number of nitrogens with one attached hydrogen (secondary N) is 1. The summed E-state index contributed by atoms with van der Waals surface area (Å²) in [5.41, 5.74) is 5.48. The number of amides is 1. The molecule has 2 fully saturated rings. The molecule has 3 N–H and O–H groups in total. The van der Waals surface area contributed by atoms with E-state index in [1.165, 1.54) is 6.07 Å². The second kappa shape index (κ2) is 11.8. The van der Waals surface area contributed by atoms with Crippen molar-refractivity contribution in [3.63, 3.8) is 0 Å². The number of anilines is 3. The molecule has 0 unspecified atom stereocenters. The molecule has 2 aliphatic heterocycles. The van der Waals surface area contributed by atoms with Crippen LogP contribution >= 0.6 is 11.6 Å². The van der Waals surface area contributed by atoms with E-state index in [-0.39, 0.29) is 16.8 Å². The van der Waals surface area contributed by atoms with E-state index in [1.54, 1.807) is 12.1 Å². The highest BCUT2D eigenvalue weighted by molar-refractivity contribution is 7.89. The molecule has 0 bridgehead atoms. The first kappa shape index (κ1) is 28.4. The van der Waals surface area contributed by atoms with Crippen LogP contribution in [0.25, 0.3) is 0 Å². The molecule has 212 valence electrons. The summed E-state index contributed by atoms with van der Waals surface area (Å²) in [4.78, 5) is 20.2. The summed E-state index contributed by atoms with van der Waals surface area (Å²) in [7, 11) is -3.78. The monoisotopic (exact) mass is 581 g/mol. The zero-order chi connectivity index (χ0) is 28.4. The van der Waals surface area contributed by atoms with Crippen LogP contribution in [0.5, 0.6) is 0 Å².